The highest BCUT2D eigenvalue weighted by Crippen LogP contribution is 2.57. The molecule has 0 fully saturated rings. The maximum Gasteiger partial charge on any atom is 0.339 e. The molecule has 2 heterocycles. The first-order valence-electron chi connectivity index (χ1n) is 12.1. The number of carbonyl (C=O) groups is 3. The molecule has 2 N–H and O–H groups in total. The van der Waals surface area contributed by atoms with Crippen LogP contribution in [0.2, 0.25) is 0 Å². The molecule has 0 aliphatic carbocycles. The van der Waals surface area contributed by atoms with Crippen LogP contribution in [0.1, 0.15) is 31.9 Å². The smallest absolute Gasteiger partial charge is 0.339 e. The van der Waals surface area contributed by atoms with Gasteiger partial charge in [-0.25, -0.2) is 9.59 Å². The lowest BCUT2D eigenvalue weighted by atomic mass is 9.67. The molecule has 1 amide bonds. The van der Waals surface area contributed by atoms with E-state index in [1.807, 2.05) is 25.1 Å². The number of ether oxygens (including phenoxy) is 3. The molecule has 0 saturated heterocycles. The summed E-state index contributed by atoms with van der Waals surface area (Å²) in [5.74, 6) is -3.02. The van der Waals surface area contributed by atoms with Gasteiger partial charge in [0.2, 0.25) is 5.88 Å². The highest BCUT2D eigenvalue weighted by molar-refractivity contribution is 6.28. The number of amides is 1. The Bertz CT molecular complexity index is 1450. The molecule has 9 nitrogen and oxygen atoms in total. The van der Waals surface area contributed by atoms with E-state index in [4.69, 9.17) is 19.9 Å². The first-order valence-corrected chi connectivity index (χ1v) is 12.1. The van der Waals surface area contributed by atoms with E-state index < -0.39 is 34.7 Å². The predicted octanol–water partition coefficient (Wildman–Crippen LogP) is 3.86. The van der Waals surface area contributed by atoms with Gasteiger partial charge in [-0.3, -0.25) is 9.69 Å². The first kappa shape index (κ1) is 26.2. The summed E-state index contributed by atoms with van der Waals surface area (Å²) in [6, 6.07) is 17.7. The molecule has 0 bridgehead atoms. The number of aryl methyl sites for hydroxylation is 1. The lowest BCUT2D eigenvalue weighted by Crippen LogP contribution is -2.47. The van der Waals surface area contributed by atoms with E-state index in [9.17, 15) is 19.6 Å². The van der Waals surface area contributed by atoms with E-state index in [1.54, 1.807) is 56.3 Å². The zero-order chi connectivity index (χ0) is 27.6. The molecule has 1 unspecified atom stereocenters. The Kier molecular flexibility index (Phi) is 7.08. The number of nitriles is 1. The van der Waals surface area contributed by atoms with E-state index in [1.165, 1.54) is 11.8 Å². The summed E-state index contributed by atoms with van der Waals surface area (Å²) >= 11 is 0. The summed E-state index contributed by atoms with van der Waals surface area (Å²) in [6.07, 6.45) is 0. The average molecular weight is 514 g/mol. The van der Waals surface area contributed by atoms with Gasteiger partial charge in [-0.2, -0.15) is 5.26 Å². The summed E-state index contributed by atoms with van der Waals surface area (Å²) < 4.78 is 16.3. The quantitative estimate of drug-likeness (QED) is 0.576. The number of nitrogens with zero attached hydrogens (tertiary/aromatic N) is 2. The minimum atomic E-state index is -2.27. The number of benzene rings is 2. The molecular weight excluding hydrogens is 486 g/mol. The minimum absolute atomic E-state index is 0.0196. The molecule has 9 heteroatoms. The number of rotatable bonds is 6. The Morgan fingerprint density at radius 2 is 1.55 bits per heavy atom. The van der Waals surface area contributed by atoms with Crippen LogP contribution in [0.4, 0.5) is 5.69 Å². The topological polar surface area (TPSA) is 132 Å². The van der Waals surface area contributed by atoms with Crippen molar-refractivity contribution in [3.8, 4) is 6.07 Å². The predicted molar refractivity (Wildman–Crippen MR) is 138 cm³/mol. The van der Waals surface area contributed by atoms with Gasteiger partial charge in [-0.1, -0.05) is 48.0 Å². The van der Waals surface area contributed by atoms with Crippen LogP contribution in [0.25, 0.3) is 5.70 Å². The third-order valence-corrected chi connectivity index (χ3v) is 6.38. The molecule has 4 rings (SSSR count). The lowest BCUT2D eigenvalue weighted by molar-refractivity contribution is -0.143. The highest BCUT2D eigenvalue weighted by Gasteiger charge is 2.66. The van der Waals surface area contributed by atoms with Crippen LogP contribution < -0.4 is 10.6 Å². The molecule has 2 aliphatic rings. The van der Waals surface area contributed by atoms with Crippen molar-refractivity contribution < 1.29 is 28.6 Å². The van der Waals surface area contributed by atoms with Gasteiger partial charge in [-0.05, 0) is 45.4 Å². The second kappa shape index (κ2) is 10.3. The van der Waals surface area contributed by atoms with E-state index in [2.05, 4.69) is 0 Å². The van der Waals surface area contributed by atoms with Crippen LogP contribution in [0.15, 0.2) is 83.0 Å². The summed E-state index contributed by atoms with van der Waals surface area (Å²) in [7, 11) is 0. The molecule has 38 heavy (non-hydrogen) atoms. The van der Waals surface area contributed by atoms with Crippen molar-refractivity contribution in [1.82, 2.24) is 0 Å². The van der Waals surface area contributed by atoms with Gasteiger partial charge < -0.3 is 19.9 Å². The normalized spacial score (nSPS) is 19.0. The van der Waals surface area contributed by atoms with Crippen molar-refractivity contribution in [1.29, 1.82) is 5.26 Å². The second-order valence-electron chi connectivity index (χ2n) is 8.64. The molecule has 0 saturated carbocycles. The molecule has 2 aromatic rings. The fraction of sp³-hybridized carbons (Fsp3) is 0.241. The molecule has 2 aromatic carbocycles. The second-order valence-corrected chi connectivity index (χ2v) is 8.64. The number of hydrogen-bond donors (Lipinski definition) is 1. The standard InChI is InChI=1S/C29H27N3O6/c1-5-36-26(33)22-18(4)38-25(31)21(16-30)29(22)23(27(34)37-6-2)24(19-10-8-7-9-11-19)32(28(29)35)20-14-12-17(3)13-15-20/h7-15H,5-6,31H2,1-4H3. The fourth-order valence-corrected chi connectivity index (χ4v) is 4.87. The fourth-order valence-electron chi connectivity index (χ4n) is 4.87. The molecule has 0 radical (unpaired) electrons. The Morgan fingerprint density at radius 3 is 2.11 bits per heavy atom. The van der Waals surface area contributed by atoms with Crippen LogP contribution in [0.5, 0.6) is 0 Å². The summed E-state index contributed by atoms with van der Waals surface area (Å²) in [5.41, 5.74) is 4.98. The number of anilines is 1. The van der Waals surface area contributed by atoms with Crippen molar-refractivity contribution in [3.05, 3.63) is 94.1 Å². The number of hydrogen-bond acceptors (Lipinski definition) is 8. The van der Waals surface area contributed by atoms with Crippen molar-refractivity contribution in [2.24, 2.45) is 11.1 Å². The van der Waals surface area contributed by atoms with Gasteiger partial charge in [0, 0.05) is 5.69 Å². The zero-order valence-electron chi connectivity index (χ0n) is 21.5. The van der Waals surface area contributed by atoms with Gasteiger partial charge in [0.1, 0.15) is 23.0 Å². The number of esters is 2. The van der Waals surface area contributed by atoms with Gasteiger partial charge in [0.05, 0.1) is 24.5 Å². The maximum absolute atomic E-state index is 14.8. The van der Waals surface area contributed by atoms with Crippen LogP contribution in [0.3, 0.4) is 0 Å². The number of allylic oxidation sites excluding steroid dienone is 1. The monoisotopic (exact) mass is 513 g/mol. The number of nitrogens with two attached hydrogens (primary N) is 1. The SMILES string of the molecule is CCOC(=O)C1=C(C)OC(N)=C(C#N)C12C(=O)N(c1ccc(C)cc1)C(c1ccccc1)=C2C(=O)OCC. The minimum Gasteiger partial charge on any atom is -0.463 e. The first-order chi connectivity index (χ1) is 18.2. The van der Waals surface area contributed by atoms with E-state index in [0.29, 0.717) is 11.3 Å². The Balaban J connectivity index is 2.22. The van der Waals surface area contributed by atoms with Crippen LogP contribution in [0, 0.1) is 23.7 Å². The number of carbonyl (C=O) groups excluding carboxylic acids is 3. The lowest BCUT2D eigenvalue weighted by Gasteiger charge is -2.35. The van der Waals surface area contributed by atoms with Gasteiger partial charge in [-0.15, -0.1) is 0 Å². The van der Waals surface area contributed by atoms with E-state index in [0.717, 1.165) is 5.56 Å². The molecular formula is C29H27N3O6. The largest absolute Gasteiger partial charge is 0.463 e. The molecule has 0 aromatic heterocycles. The van der Waals surface area contributed by atoms with Crippen LogP contribution in [-0.2, 0) is 28.6 Å². The Morgan fingerprint density at radius 1 is 0.974 bits per heavy atom. The maximum atomic E-state index is 14.8. The average Bonchev–Trinajstić information content (AvgIpc) is 3.14. The van der Waals surface area contributed by atoms with E-state index >= 15 is 0 Å². The van der Waals surface area contributed by atoms with Crippen molar-refractivity contribution in [2.75, 3.05) is 18.1 Å². The van der Waals surface area contributed by atoms with E-state index in [-0.39, 0.29) is 35.8 Å². The third-order valence-electron chi connectivity index (χ3n) is 6.38. The molecule has 194 valence electrons. The third kappa shape index (κ3) is 3.91. The van der Waals surface area contributed by atoms with Crippen LogP contribution >= 0.6 is 0 Å². The highest BCUT2D eigenvalue weighted by atomic mass is 16.5. The van der Waals surface area contributed by atoms with Gasteiger partial charge in [0.15, 0.2) is 5.41 Å². The van der Waals surface area contributed by atoms with Gasteiger partial charge >= 0.3 is 11.9 Å². The van der Waals surface area contributed by atoms with Crippen molar-refractivity contribution in [2.45, 2.75) is 27.7 Å². The van der Waals surface area contributed by atoms with Crippen molar-refractivity contribution in [3.63, 3.8) is 0 Å². The zero-order valence-corrected chi connectivity index (χ0v) is 21.5. The molecule has 2 aliphatic heterocycles. The van der Waals surface area contributed by atoms with Crippen LogP contribution in [-0.4, -0.2) is 31.1 Å². The summed E-state index contributed by atoms with van der Waals surface area (Å²) in [5, 5.41) is 10.3. The Labute approximate surface area is 220 Å². The summed E-state index contributed by atoms with van der Waals surface area (Å²) in [4.78, 5) is 43.4. The summed E-state index contributed by atoms with van der Waals surface area (Å²) in [6.45, 7) is 6.51. The molecule has 1 atom stereocenters. The van der Waals surface area contributed by atoms with Gasteiger partial charge in [0.25, 0.3) is 5.91 Å². The molecule has 1 spiro atoms. The Hall–Kier alpha value is -4.84. The van der Waals surface area contributed by atoms with Crippen molar-refractivity contribution >= 4 is 29.2 Å².